The zero-order valence-electron chi connectivity index (χ0n) is 20.1. The van der Waals surface area contributed by atoms with Crippen LogP contribution in [0.15, 0.2) is 42.5 Å². The molecule has 35 heavy (non-hydrogen) atoms. The summed E-state index contributed by atoms with van der Waals surface area (Å²) < 4.78 is 13.4. The van der Waals surface area contributed by atoms with Crippen molar-refractivity contribution in [2.75, 3.05) is 12.0 Å². The number of fused-ring (bicyclic) bond motifs is 3. The fraction of sp³-hybridized carbons (Fsp3) is 0.444. The third kappa shape index (κ3) is 4.33. The van der Waals surface area contributed by atoms with E-state index < -0.39 is 5.97 Å². The number of carbonyl (C=O) groups excluding carboxylic acids is 1. The molecule has 0 bridgehead atoms. The maximum Gasteiger partial charge on any atom is 0.414 e. The predicted molar refractivity (Wildman–Crippen MR) is 132 cm³/mol. The Balaban J connectivity index is 1.56. The van der Waals surface area contributed by atoms with Crippen LogP contribution in [0, 0.1) is 5.92 Å². The zero-order chi connectivity index (χ0) is 24.5. The number of methoxy groups -OCH3 is 1. The molecule has 0 spiro atoms. The molecule has 1 N–H and O–H groups in total. The number of aryl methyl sites for hydroxylation is 1. The Hall–Kier alpha value is -3.55. The lowest BCUT2D eigenvalue weighted by molar-refractivity contribution is -0.143. The first-order valence-electron chi connectivity index (χ1n) is 12.3. The molecule has 1 aromatic heterocycles. The Morgan fingerprint density at radius 1 is 1.06 bits per heavy atom. The Morgan fingerprint density at radius 3 is 2.49 bits per heavy atom. The number of nitrogens with zero attached hydrogens (tertiary/aromatic N) is 3. The average Bonchev–Trinajstić information content (AvgIpc) is 3.26. The van der Waals surface area contributed by atoms with Gasteiger partial charge in [-0.15, -0.1) is 0 Å². The number of benzene rings is 2. The van der Waals surface area contributed by atoms with Crippen molar-refractivity contribution in [2.24, 2.45) is 5.92 Å². The number of ether oxygens (including phenoxy) is 2. The number of amides is 1. The molecule has 1 amide bonds. The third-order valence-corrected chi connectivity index (χ3v) is 7.42. The molecule has 3 aromatic rings. The van der Waals surface area contributed by atoms with E-state index in [-0.39, 0.29) is 24.1 Å². The monoisotopic (exact) mass is 477 g/mol. The van der Waals surface area contributed by atoms with Crippen LogP contribution in [0.5, 0.6) is 5.75 Å². The van der Waals surface area contributed by atoms with E-state index in [9.17, 15) is 14.7 Å². The largest absolute Gasteiger partial charge is 0.486 e. The summed E-state index contributed by atoms with van der Waals surface area (Å²) in [4.78, 5) is 30.8. The van der Waals surface area contributed by atoms with Gasteiger partial charge in [-0.1, -0.05) is 18.2 Å². The highest BCUT2D eigenvalue weighted by Crippen LogP contribution is 2.40. The number of carboxylic acids is 1. The van der Waals surface area contributed by atoms with Crippen LogP contribution in [0.25, 0.3) is 11.0 Å². The molecule has 0 saturated heterocycles. The number of rotatable bonds is 5. The molecule has 2 aliphatic rings. The number of para-hydroxylation sites is 1. The predicted octanol–water partition coefficient (Wildman–Crippen LogP) is 5.34. The minimum absolute atomic E-state index is 0.0432. The standard InChI is InChI=1S/C27H31N3O5/c1-17-8-13-21-22(29(17)27(33)34-2)14-15-23-25(21)28-24(16-35-20-6-4-3-5-7-20)30(23)19-11-9-18(10-12-19)26(31)32/h3-7,14-15,17-19H,8-13,16H2,1-2H3,(H,31,32)/t17-,18?,19?/m0/s1. The molecule has 1 aliphatic carbocycles. The normalized spacial score (nSPS) is 22.0. The van der Waals surface area contributed by atoms with Gasteiger partial charge < -0.3 is 19.1 Å². The van der Waals surface area contributed by atoms with Gasteiger partial charge in [0.15, 0.2) is 0 Å². The van der Waals surface area contributed by atoms with E-state index in [0.717, 1.165) is 59.5 Å². The van der Waals surface area contributed by atoms with Gasteiger partial charge >= 0.3 is 12.1 Å². The summed E-state index contributed by atoms with van der Waals surface area (Å²) >= 11 is 0. The van der Waals surface area contributed by atoms with Gasteiger partial charge in [0.05, 0.1) is 29.7 Å². The van der Waals surface area contributed by atoms with E-state index in [1.807, 2.05) is 49.4 Å². The summed E-state index contributed by atoms with van der Waals surface area (Å²) in [6, 6.07) is 13.9. The van der Waals surface area contributed by atoms with Crippen molar-refractivity contribution in [2.45, 2.75) is 64.1 Å². The first kappa shape index (κ1) is 23.2. The molecule has 8 heteroatoms. The van der Waals surface area contributed by atoms with Gasteiger partial charge in [-0.3, -0.25) is 9.69 Å². The zero-order valence-corrected chi connectivity index (χ0v) is 20.1. The van der Waals surface area contributed by atoms with Crippen LogP contribution >= 0.6 is 0 Å². The highest BCUT2D eigenvalue weighted by atomic mass is 16.5. The number of imidazole rings is 1. The number of aromatic nitrogens is 2. The number of carbonyl (C=O) groups is 2. The minimum Gasteiger partial charge on any atom is -0.486 e. The SMILES string of the molecule is COC(=O)N1c2ccc3c(nc(COc4ccccc4)n3C3CCC(C(=O)O)CC3)c2CC[C@@H]1C. The summed E-state index contributed by atoms with van der Waals surface area (Å²) in [5, 5.41) is 9.45. The van der Waals surface area contributed by atoms with Crippen molar-refractivity contribution in [1.82, 2.24) is 9.55 Å². The molecule has 1 fully saturated rings. The van der Waals surface area contributed by atoms with Crippen LogP contribution in [0.2, 0.25) is 0 Å². The maximum atomic E-state index is 12.6. The Kier molecular flexibility index (Phi) is 6.36. The van der Waals surface area contributed by atoms with Gasteiger partial charge in [0.1, 0.15) is 18.2 Å². The molecular formula is C27H31N3O5. The van der Waals surface area contributed by atoms with Gasteiger partial charge in [0.2, 0.25) is 0 Å². The van der Waals surface area contributed by atoms with E-state index in [1.165, 1.54) is 7.11 Å². The van der Waals surface area contributed by atoms with Crippen molar-refractivity contribution < 1.29 is 24.2 Å². The minimum atomic E-state index is -0.710. The molecule has 5 rings (SSSR count). The Bertz CT molecular complexity index is 1230. The fourth-order valence-corrected chi connectivity index (χ4v) is 5.58. The number of aliphatic carboxylic acids is 1. The van der Waals surface area contributed by atoms with E-state index in [2.05, 4.69) is 4.57 Å². The van der Waals surface area contributed by atoms with E-state index in [4.69, 9.17) is 14.5 Å². The van der Waals surface area contributed by atoms with E-state index in [1.54, 1.807) is 4.90 Å². The molecule has 184 valence electrons. The highest BCUT2D eigenvalue weighted by Gasteiger charge is 2.33. The number of hydrogen-bond acceptors (Lipinski definition) is 5. The fourth-order valence-electron chi connectivity index (χ4n) is 5.58. The summed E-state index contributed by atoms with van der Waals surface area (Å²) in [7, 11) is 1.41. The molecule has 1 atom stereocenters. The molecule has 8 nitrogen and oxygen atoms in total. The number of anilines is 1. The topological polar surface area (TPSA) is 93.9 Å². The van der Waals surface area contributed by atoms with Crippen LogP contribution < -0.4 is 9.64 Å². The average molecular weight is 478 g/mol. The molecular weight excluding hydrogens is 446 g/mol. The van der Waals surface area contributed by atoms with Crippen molar-refractivity contribution in [3.8, 4) is 5.75 Å². The molecule has 2 aromatic carbocycles. The maximum absolute atomic E-state index is 12.6. The molecule has 2 heterocycles. The van der Waals surface area contributed by atoms with Crippen molar-refractivity contribution in [3.63, 3.8) is 0 Å². The van der Waals surface area contributed by atoms with E-state index in [0.29, 0.717) is 19.4 Å². The molecule has 1 aliphatic heterocycles. The van der Waals surface area contributed by atoms with Crippen molar-refractivity contribution in [3.05, 3.63) is 53.9 Å². The summed E-state index contributed by atoms with van der Waals surface area (Å²) in [6.45, 7) is 2.34. The van der Waals surface area contributed by atoms with Crippen LogP contribution in [0.4, 0.5) is 10.5 Å². The number of carboxylic acid groups (broad SMARTS) is 1. The van der Waals surface area contributed by atoms with E-state index >= 15 is 0 Å². The van der Waals surface area contributed by atoms with Crippen LogP contribution in [-0.4, -0.2) is 39.9 Å². The first-order chi connectivity index (χ1) is 17.0. The summed E-state index contributed by atoms with van der Waals surface area (Å²) in [5.74, 6) is 0.596. The Labute approximate surface area is 204 Å². The van der Waals surface area contributed by atoms with Gasteiger partial charge in [0.25, 0.3) is 0 Å². The Morgan fingerprint density at radius 2 is 1.80 bits per heavy atom. The smallest absolute Gasteiger partial charge is 0.414 e. The lowest BCUT2D eigenvalue weighted by Gasteiger charge is -2.34. The summed E-state index contributed by atoms with van der Waals surface area (Å²) in [5.41, 5.74) is 3.78. The quantitative estimate of drug-likeness (QED) is 0.533. The van der Waals surface area contributed by atoms with Gasteiger partial charge in [-0.05, 0) is 69.7 Å². The van der Waals surface area contributed by atoms with Crippen molar-refractivity contribution in [1.29, 1.82) is 0 Å². The summed E-state index contributed by atoms with van der Waals surface area (Å²) in [6.07, 6.45) is 4.15. The first-order valence-corrected chi connectivity index (χ1v) is 12.3. The lowest BCUT2D eigenvalue weighted by atomic mass is 9.86. The van der Waals surface area contributed by atoms with Crippen molar-refractivity contribution >= 4 is 28.8 Å². The van der Waals surface area contributed by atoms with Gasteiger partial charge in [-0.2, -0.15) is 0 Å². The van der Waals surface area contributed by atoms with Crippen LogP contribution in [0.3, 0.4) is 0 Å². The highest BCUT2D eigenvalue weighted by molar-refractivity contribution is 5.95. The second-order valence-corrected chi connectivity index (χ2v) is 9.50. The second kappa shape index (κ2) is 9.60. The van der Waals surface area contributed by atoms with Crippen LogP contribution in [0.1, 0.15) is 56.5 Å². The number of hydrogen-bond donors (Lipinski definition) is 1. The van der Waals surface area contributed by atoms with Crippen LogP contribution in [-0.2, 0) is 22.6 Å². The molecule has 0 radical (unpaired) electrons. The lowest BCUT2D eigenvalue weighted by Crippen LogP contribution is -2.42. The molecule has 0 unspecified atom stereocenters. The third-order valence-electron chi connectivity index (χ3n) is 7.42. The second-order valence-electron chi connectivity index (χ2n) is 9.50. The molecule has 1 saturated carbocycles. The van der Waals surface area contributed by atoms with Gasteiger partial charge in [-0.25, -0.2) is 9.78 Å². The van der Waals surface area contributed by atoms with Gasteiger partial charge in [0, 0.05) is 17.6 Å².